The minimum atomic E-state index is -0.396. The fourth-order valence-electron chi connectivity index (χ4n) is 1.76. The first-order valence-electron chi connectivity index (χ1n) is 4.85. The lowest BCUT2D eigenvalue weighted by atomic mass is 10.3. The highest BCUT2D eigenvalue weighted by Crippen LogP contribution is 2.24. The fourth-order valence-corrected chi connectivity index (χ4v) is 1.90. The van der Waals surface area contributed by atoms with Crippen LogP contribution in [0.25, 0.3) is 16.9 Å². The molecule has 0 aliphatic carbocycles. The first kappa shape index (κ1) is 10.0. The monoisotopic (exact) mass is 250 g/mol. The van der Waals surface area contributed by atoms with Crippen LogP contribution in [-0.2, 0) is 0 Å². The van der Waals surface area contributed by atoms with E-state index in [-0.39, 0.29) is 11.0 Å². The van der Waals surface area contributed by atoms with Gasteiger partial charge in [-0.3, -0.25) is 0 Å². The van der Waals surface area contributed by atoms with Crippen LogP contribution in [0.5, 0.6) is 5.75 Å². The van der Waals surface area contributed by atoms with Gasteiger partial charge in [-0.05, 0) is 29.8 Å². The number of halogens is 1. The van der Waals surface area contributed by atoms with Crippen LogP contribution in [0.2, 0.25) is 5.22 Å². The second-order valence-corrected chi connectivity index (χ2v) is 3.89. The molecule has 17 heavy (non-hydrogen) atoms. The Labute approximate surface area is 99.9 Å². The van der Waals surface area contributed by atoms with E-state index in [2.05, 4.69) is 4.98 Å². The van der Waals surface area contributed by atoms with E-state index in [4.69, 9.17) is 16.0 Å². The molecule has 0 amide bonds. The average molecular weight is 251 g/mol. The molecular formula is C11H7ClN2O3. The molecule has 0 bridgehead atoms. The van der Waals surface area contributed by atoms with Crippen LogP contribution in [0, 0.1) is 0 Å². The lowest BCUT2D eigenvalue weighted by molar-refractivity contribution is 0.480. The molecule has 86 valence electrons. The van der Waals surface area contributed by atoms with E-state index in [0.29, 0.717) is 16.9 Å². The zero-order valence-corrected chi connectivity index (χ0v) is 9.23. The predicted molar refractivity (Wildman–Crippen MR) is 62.8 cm³/mol. The SMILES string of the molecule is O=c1[nH]c2c(O)cccc2n1-c1ccc(Cl)o1. The van der Waals surface area contributed by atoms with Crippen molar-refractivity contribution in [2.45, 2.75) is 0 Å². The van der Waals surface area contributed by atoms with E-state index < -0.39 is 5.69 Å². The van der Waals surface area contributed by atoms with E-state index >= 15 is 0 Å². The van der Waals surface area contributed by atoms with Crippen LogP contribution in [0.1, 0.15) is 0 Å². The molecule has 3 aromatic rings. The van der Waals surface area contributed by atoms with Crippen LogP contribution in [-0.4, -0.2) is 14.7 Å². The number of nitrogens with one attached hydrogen (secondary N) is 1. The van der Waals surface area contributed by atoms with Crippen LogP contribution >= 0.6 is 11.6 Å². The van der Waals surface area contributed by atoms with Crippen molar-refractivity contribution in [3.8, 4) is 11.6 Å². The smallest absolute Gasteiger partial charge is 0.333 e. The van der Waals surface area contributed by atoms with Crippen molar-refractivity contribution in [1.82, 2.24) is 9.55 Å². The lowest BCUT2D eigenvalue weighted by Gasteiger charge is -1.98. The van der Waals surface area contributed by atoms with Crippen molar-refractivity contribution in [3.05, 3.63) is 46.0 Å². The lowest BCUT2D eigenvalue weighted by Crippen LogP contribution is -2.13. The maximum atomic E-state index is 11.8. The Morgan fingerprint density at radius 1 is 1.29 bits per heavy atom. The van der Waals surface area contributed by atoms with Gasteiger partial charge < -0.3 is 14.5 Å². The molecule has 2 heterocycles. The van der Waals surface area contributed by atoms with Gasteiger partial charge in [0.1, 0.15) is 11.3 Å². The summed E-state index contributed by atoms with van der Waals surface area (Å²) >= 11 is 5.67. The molecule has 0 aliphatic rings. The largest absolute Gasteiger partial charge is 0.506 e. The predicted octanol–water partition coefficient (Wildman–Crippen LogP) is 2.27. The van der Waals surface area contributed by atoms with Gasteiger partial charge in [-0.25, -0.2) is 9.36 Å². The molecule has 2 aromatic heterocycles. The molecule has 0 fully saturated rings. The van der Waals surface area contributed by atoms with Crippen molar-refractivity contribution in [3.63, 3.8) is 0 Å². The van der Waals surface area contributed by atoms with Gasteiger partial charge in [0.25, 0.3) is 0 Å². The average Bonchev–Trinajstić information content (AvgIpc) is 2.82. The number of furan rings is 1. The number of aromatic amines is 1. The number of nitrogens with zero attached hydrogens (tertiary/aromatic N) is 1. The van der Waals surface area contributed by atoms with Crippen LogP contribution < -0.4 is 5.69 Å². The number of phenolic OH excluding ortho intramolecular Hbond substituents is 1. The summed E-state index contributed by atoms with van der Waals surface area (Å²) in [4.78, 5) is 14.4. The Morgan fingerprint density at radius 2 is 2.12 bits per heavy atom. The highest BCUT2D eigenvalue weighted by atomic mass is 35.5. The summed E-state index contributed by atoms with van der Waals surface area (Å²) in [5, 5.41) is 9.82. The number of imidazole rings is 1. The number of aromatic nitrogens is 2. The zero-order valence-electron chi connectivity index (χ0n) is 8.48. The number of fused-ring (bicyclic) bond motifs is 1. The number of para-hydroxylation sites is 1. The standard InChI is InChI=1S/C11H7ClN2O3/c12-8-4-5-9(17-8)14-6-2-1-3-7(15)10(6)13-11(14)16/h1-5,15H,(H,13,16). The first-order valence-corrected chi connectivity index (χ1v) is 5.23. The normalized spacial score (nSPS) is 11.1. The van der Waals surface area contributed by atoms with E-state index in [1.807, 2.05) is 0 Å². The summed E-state index contributed by atoms with van der Waals surface area (Å²) in [6.45, 7) is 0. The van der Waals surface area contributed by atoms with E-state index in [9.17, 15) is 9.90 Å². The van der Waals surface area contributed by atoms with E-state index in [0.717, 1.165) is 0 Å². The summed E-state index contributed by atoms with van der Waals surface area (Å²) in [6, 6.07) is 7.97. The Bertz CT molecular complexity index is 754. The molecule has 0 spiro atoms. The number of rotatable bonds is 1. The van der Waals surface area contributed by atoms with Gasteiger partial charge in [0, 0.05) is 6.07 Å². The maximum Gasteiger partial charge on any atom is 0.333 e. The number of aromatic hydroxyl groups is 1. The molecule has 0 saturated heterocycles. The summed E-state index contributed by atoms with van der Waals surface area (Å²) in [7, 11) is 0. The second kappa shape index (κ2) is 3.43. The van der Waals surface area contributed by atoms with Crippen LogP contribution in [0.3, 0.4) is 0 Å². The van der Waals surface area contributed by atoms with Gasteiger partial charge in [-0.15, -0.1) is 0 Å². The first-order chi connectivity index (χ1) is 8.16. The molecule has 0 atom stereocenters. The molecule has 5 nitrogen and oxygen atoms in total. The fraction of sp³-hybridized carbons (Fsp3) is 0. The van der Waals surface area contributed by atoms with Gasteiger partial charge >= 0.3 is 5.69 Å². The second-order valence-electron chi connectivity index (χ2n) is 3.51. The number of phenols is 1. The molecule has 0 aliphatic heterocycles. The summed E-state index contributed by atoms with van der Waals surface area (Å²) in [6.07, 6.45) is 0. The molecule has 1 aromatic carbocycles. The molecular weight excluding hydrogens is 244 g/mol. The third kappa shape index (κ3) is 1.43. The number of H-pyrrole nitrogens is 1. The highest BCUT2D eigenvalue weighted by Gasteiger charge is 2.13. The minimum absolute atomic E-state index is 0.0102. The Hall–Kier alpha value is -2.14. The summed E-state index contributed by atoms with van der Waals surface area (Å²) < 4.78 is 6.49. The van der Waals surface area contributed by atoms with Crippen molar-refractivity contribution in [2.75, 3.05) is 0 Å². The third-order valence-electron chi connectivity index (χ3n) is 2.48. The topological polar surface area (TPSA) is 71.2 Å². The zero-order chi connectivity index (χ0) is 12.0. The molecule has 3 rings (SSSR count). The van der Waals surface area contributed by atoms with Crippen LogP contribution in [0.15, 0.2) is 39.5 Å². The number of hydrogen-bond donors (Lipinski definition) is 2. The van der Waals surface area contributed by atoms with E-state index in [1.165, 1.54) is 10.6 Å². The summed E-state index contributed by atoms with van der Waals surface area (Å²) in [5.74, 6) is 0.313. The number of benzene rings is 1. The van der Waals surface area contributed by atoms with Crippen LogP contribution in [0.4, 0.5) is 0 Å². The highest BCUT2D eigenvalue weighted by molar-refractivity contribution is 6.28. The minimum Gasteiger partial charge on any atom is -0.506 e. The molecule has 6 heteroatoms. The Morgan fingerprint density at radius 3 is 2.82 bits per heavy atom. The van der Waals surface area contributed by atoms with Gasteiger partial charge in [-0.1, -0.05) is 6.07 Å². The number of hydrogen-bond acceptors (Lipinski definition) is 3. The van der Waals surface area contributed by atoms with Gasteiger partial charge in [0.15, 0.2) is 5.22 Å². The van der Waals surface area contributed by atoms with Gasteiger partial charge in [-0.2, -0.15) is 0 Å². The third-order valence-corrected chi connectivity index (χ3v) is 2.68. The molecule has 0 radical (unpaired) electrons. The summed E-state index contributed by atoms with van der Waals surface area (Å²) in [5.41, 5.74) is 0.499. The van der Waals surface area contributed by atoms with Crippen molar-refractivity contribution < 1.29 is 9.52 Å². The molecule has 0 unspecified atom stereocenters. The van der Waals surface area contributed by atoms with Crippen molar-refractivity contribution in [1.29, 1.82) is 0 Å². The molecule has 2 N–H and O–H groups in total. The van der Waals surface area contributed by atoms with E-state index in [1.54, 1.807) is 24.3 Å². The Kier molecular flexibility index (Phi) is 2.02. The Balaban J connectivity index is 2.40. The van der Waals surface area contributed by atoms with Gasteiger partial charge in [0.2, 0.25) is 5.88 Å². The quantitative estimate of drug-likeness (QED) is 0.696. The maximum absolute atomic E-state index is 11.8. The molecule has 0 saturated carbocycles. The van der Waals surface area contributed by atoms with Crippen molar-refractivity contribution >= 4 is 22.6 Å². The van der Waals surface area contributed by atoms with Gasteiger partial charge in [0.05, 0.1) is 5.52 Å². The van der Waals surface area contributed by atoms with Crippen molar-refractivity contribution in [2.24, 2.45) is 0 Å².